The van der Waals surface area contributed by atoms with E-state index in [0.29, 0.717) is 25.2 Å². The largest absolute Gasteiger partial charge is 0.379 e. The number of likely N-dealkylation sites (N-methyl/N-ethyl adjacent to an activating group) is 1. The molecule has 1 aliphatic heterocycles. The van der Waals surface area contributed by atoms with E-state index in [2.05, 4.69) is 24.5 Å². The molecule has 1 amide bonds. The monoisotopic (exact) mass is 268 g/mol. The van der Waals surface area contributed by atoms with Gasteiger partial charge in [0.2, 0.25) is 5.91 Å². The molecule has 2 rings (SSSR count). The van der Waals surface area contributed by atoms with Gasteiger partial charge < -0.3 is 15.4 Å². The number of rotatable bonds is 5. The fourth-order valence-electron chi connectivity index (χ4n) is 3.45. The second-order valence-corrected chi connectivity index (χ2v) is 5.88. The first-order valence-electron chi connectivity index (χ1n) is 7.87. The summed E-state index contributed by atoms with van der Waals surface area (Å²) >= 11 is 0. The van der Waals surface area contributed by atoms with E-state index in [9.17, 15) is 4.79 Å². The Morgan fingerprint density at radius 2 is 1.95 bits per heavy atom. The third kappa shape index (κ3) is 3.69. The van der Waals surface area contributed by atoms with Crippen LogP contribution in [0.5, 0.6) is 0 Å². The Morgan fingerprint density at radius 1 is 1.16 bits per heavy atom. The van der Waals surface area contributed by atoms with Crippen molar-refractivity contribution in [1.29, 1.82) is 0 Å². The van der Waals surface area contributed by atoms with E-state index in [1.165, 1.54) is 25.7 Å². The molecule has 2 aliphatic rings. The molecule has 110 valence electrons. The van der Waals surface area contributed by atoms with E-state index in [0.717, 1.165) is 13.0 Å². The lowest BCUT2D eigenvalue weighted by Crippen LogP contribution is -2.49. The van der Waals surface area contributed by atoms with Crippen molar-refractivity contribution in [2.75, 3.05) is 19.8 Å². The normalized spacial score (nSPS) is 35.3. The summed E-state index contributed by atoms with van der Waals surface area (Å²) in [4.78, 5) is 12.4. The van der Waals surface area contributed by atoms with E-state index < -0.39 is 0 Å². The lowest BCUT2D eigenvalue weighted by molar-refractivity contribution is -0.126. The van der Waals surface area contributed by atoms with E-state index in [-0.39, 0.29) is 17.9 Å². The van der Waals surface area contributed by atoms with E-state index in [1.54, 1.807) is 0 Å². The number of hydrogen-bond donors (Lipinski definition) is 2. The number of carbonyl (C=O) groups is 1. The Bertz CT molecular complexity index is 296. The molecular weight excluding hydrogens is 240 g/mol. The molecule has 0 bridgehead atoms. The van der Waals surface area contributed by atoms with Crippen molar-refractivity contribution in [2.24, 2.45) is 11.8 Å². The highest BCUT2D eigenvalue weighted by molar-refractivity contribution is 5.80. The van der Waals surface area contributed by atoms with Crippen LogP contribution < -0.4 is 10.6 Å². The van der Waals surface area contributed by atoms with Crippen molar-refractivity contribution in [3.05, 3.63) is 0 Å². The molecule has 4 nitrogen and oxygen atoms in total. The number of ether oxygens (including phenoxy) is 1. The molecule has 4 unspecified atom stereocenters. The van der Waals surface area contributed by atoms with E-state index in [1.807, 2.05) is 0 Å². The Morgan fingerprint density at radius 3 is 2.68 bits per heavy atom. The number of hydrogen-bond acceptors (Lipinski definition) is 3. The highest BCUT2D eigenvalue weighted by Crippen LogP contribution is 2.27. The maximum atomic E-state index is 12.4. The van der Waals surface area contributed by atoms with Crippen LogP contribution in [0, 0.1) is 11.8 Å². The van der Waals surface area contributed by atoms with Crippen molar-refractivity contribution in [3.63, 3.8) is 0 Å². The molecular formula is C15H28N2O2. The zero-order valence-electron chi connectivity index (χ0n) is 12.3. The van der Waals surface area contributed by atoms with Gasteiger partial charge in [-0.25, -0.2) is 0 Å². The van der Waals surface area contributed by atoms with Gasteiger partial charge in [0, 0.05) is 12.1 Å². The molecule has 1 saturated carbocycles. The third-order valence-corrected chi connectivity index (χ3v) is 4.64. The minimum absolute atomic E-state index is 0.0145. The van der Waals surface area contributed by atoms with Crippen LogP contribution in [0.1, 0.15) is 46.0 Å². The summed E-state index contributed by atoms with van der Waals surface area (Å²) in [7, 11) is 0. The molecule has 19 heavy (non-hydrogen) atoms. The lowest BCUT2D eigenvalue weighted by Gasteiger charge is -2.32. The van der Waals surface area contributed by atoms with Crippen molar-refractivity contribution in [2.45, 2.75) is 58.0 Å². The summed E-state index contributed by atoms with van der Waals surface area (Å²) in [6.45, 7) is 6.41. The molecule has 0 spiro atoms. The molecule has 0 aromatic rings. The van der Waals surface area contributed by atoms with E-state index in [4.69, 9.17) is 4.74 Å². The first-order chi connectivity index (χ1) is 9.26. The first kappa shape index (κ1) is 14.8. The van der Waals surface area contributed by atoms with Gasteiger partial charge in [0.1, 0.15) is 0 Å². The molecule has 1 heterocycles. The second kappa shape index (κ2) is 7.25. The maximum absolute atomic E-state index is 12.4. The fourth-order valence-corrected chi connectivity index (χ4v) is 3.45. The predicted molar refractivity (Wildman–Crippen MR) is 76.0 cm³/mol. The smallest absolute Gasteiger partial charge is 0.227 e. The summed E-state index contributed by atoms with van der Waals surface area (Å²) < 4.78 is 5.46. The predicted octanol–water partition coefficient (Wildman–Crippen LogP) is 1.70. The number of nitrogens with one attached hydrogen (secondary N) is 2. The van der Waals surface area contributed by atoms with Crippen LogP contribution in [0.2, 0.25) is 0 Å². The highest BCUT2D eigenvalue weighted by atomic mass is 16.5. The lowest BCUT2D eigenvalue weighted by atomic mass is 9.82. The minimum atomic E-state index is -0.0145. The Kier molecular flexibility index (Phi) is 5.64. The van der Waals surface area contributed by atoms with Crippen molar-refractivity contribution in [1.82, 2.24) is 10.6 Å². The quantitative estimate of drug-likeness (QED) is 0.798. The van der Waals surface area contributed by atoms with Gasteiger partial charge in [-0.05, 0) is 25.3 Å². The summed E-state index contributed by atoms with van der Waals surface area (Å²) in [6.07, 6.45) is 6.14. The van der Waals surface area contributed by atoms with Crippen LogP contribution in [0.25, 0.3) is 0 Å². The molecule has 0 aromatic heterocycles. The molecule has 4 heteroatoms. The summed E-state index contributed by atoms with van der Waals surface area (Å²) in [5.41, 5.74) is 0. The van der Waals surface area contributed by atoms with Gasteiger partial charge in [0.05, 0.1) is 19.1 Å². The molecule has 1 aliphatic carbocycles. The molecule has 2 fully saturated rings. The average Bonchev–Trinajstić information content (AvgIpc) is 2.88. The average molecular weight is 268 g/mol. The summed E-state index contributed by atoms with van der Waals surface area (Å²) in [6, 6.07) is 0.572. The van der Waals surface area contributed by atoms with Crippen LogP contribution in [-0.2, 0) is 9.53 Å². The molecule has 1 saturated heterocycles. The maximum Gasteiger partial charge on any atom is 0.227 e. The van der Waals surface area contributed by atoms with Crippen LogP contribution in [0.15, 0.2) is 0 Å². The number of amides is 1. The van der Waals surface area contributed by atoms with Gasteiger partial charge in [-0.2, -0.15) is 0 Å². The highest BCUT2D eigenvalue weighted by Gasteiger charge is 2.35. The van der Waals surface area contributed by atoms with E-state index >= 15 is 0 Å². The standard InChI is InChI=1S/C15H28N2O2/c1-3-11-7-5-6-8-13(11)17-15(18)12-9-19-10-14(12)16-4-2/h11-14,16H,3-10H2,1-2H3,(H,17,18). The molecule has 4 atom stereocenters. The van der Waals surface area contributed by atoms with Gasteiger partial charge in [-0.1, -0.05) is 33.1 Å². The van der Waals surface area contributed by atoms with Crippen LogP contribution in [-0.4, -0.2) is 37.7 Å². The van der Waals surface area contributed by atoms with Gasteiger partial charge in [0.15, 0.2) is 0 Å². The van der Waals surface area contributed by atoms with Crippen LogP contribution in [0.4, 0.5) is 0 Å². The second-order valence-electron chi connectivity index (χ2n) is 5.88. The van der Waals surface area contributed by atoms with Gasteiger partial charge in [-0.15, -0.1) is 0 Å². The topological polar surface area (TPSA) is 50.4 Å². The molecule has 0 aromatic carbocycles. The zero-order chi connectivity index (χ0) is 13.7. The Balaban J connectivity index is 1.88. The van der Waals surface area contributed by atoms with Crippen molar-refractivity contribution in [3.8, 4) is 0 Å². The summed E-state index contributed by atoms with van der Waals surface area (Å²) in [5.74, 6) is 0.839. The SMILES string of the molecule is CCNC1COCC1C(=O)NC1CCCCC1CC. The van der Waals surface area contributed by atoms with Crippen molar-refractivity contribution < 1.29 is 9.53 Å². The Hall–Kier alpha value is -0.610. The summed E-state index contributed by atoms with van der Waals surface area (Å²) in [5, 5.41) is 6.64. The fraction of sp³-hybridized carbons (Fsp3) is 0.933. The van der Waals surface area contributed by atoms with Crippen molar-refractivity contribution >= 4 is 5.91 Å². The zero-order valence-corrected chi connectivity index (χ0v) is 12.3. The minimum Gasteiger partial charge on any atom is -0.379 e. The molecule has 2 N–H and O–H groups in total. The van der Waals surface area contributed by atoms with Gasteiger partial charge in [0.25, 0.3) is 0 Å². The molecule has 0 radical (unpaired) electrons. The van der Waals surface area contributed by atoms with Gasteiger partial charge in [-0.3, -0.25) is 4.79 Å². The van der Waals surface area contributed by atoms with Gasteiger partial charge >= 0.3 is 0 Å². The number of carbonyl (C=O) groups excluding carboxylic acids is 1. The van der Waals surface area contributed by atoms with Crippen LogP contribution in [0.3, 0.4) is 0 Å². The van der Waals surface area contributed by atoms with Crippen LogP contribution >= 0.6 is 0 Å². The third-order valence-electron chi connectivity index (χ3n) is 4.64. The Labute approximate surface area is 116 Å². The first-order valence-corrected chi connectivity index (χ1v) is 7.87.